The maximum absolute atomic E-state index is 5.65. The first-order valence-corrected chi connectivity index (χ1v) is 3.93. The average molecular weight is 199 g/mol. The van der Waals surface area contributed by atoms with Crippen molar-refractivity contribution in [2.75, 3.05) is 32.4 Å². The predicted octanol–water partition coefficient (Wildman–Crippen LogP) is -0.795. The molecule has 1 aromatic rings. The molecule has 0 aliphatic carbocycles. The first kappa shape index (κ1) is 10.3. The van der Waals surface area contributed by atoms with Crippen LogP contribution in [0.3, 0.4) is 0 Å². The minimum atomic E-state index is 0.0575. The molecule has 0 aromatic carbocycles. The fourth-order valence-corrected chi connectivity index (χ4v) is 0.851. The van der Waals surface area contributed by atoms with Crippen LogP contribution in [-0.2, 0) is 0 Å². The molecule has 0 aliphatic rings. The van der Waals surface area contributed by atoms with Gasteiger partial charge in [0.1, 0.15) is 6.73 Å². The number of nitrogen functional groups attached to an aromatic ring is 2. The van der Waals surface area contributed by atoms with Crippen LogP contribution >= 0.6 is 0 Å². The molecule has 0 unspecified atom stereocenters. The van der Waals surface area contributed by atoms with Crippen LogP contribution in [0.25, 0.3) is 0 Å². The molecule has 1 aromatic heterocycles. The highest BCUT2D eigenvalue weighted by Crippen LogP contribution is 2.27. The molecule has 7 heteroatoms. The lowest BCUT2D eigenvalue weighted by Crippen LogP contribution is -2.16. The molecule has 7 nitrogen and oxygen atoms in total. The third-order valence-corrected chi connectivity index (χ3v) is 1.44. The Hall–Kier alpha value is -1.76. The Morgan fingerprint density at radius 1 is 1.29 bits per heavy atom. The lowest BCUT2D eigenvalue weighted by atomic mass is 10.5. The zero-order valence-electron chi connectivity index (χ0n) is 8.07. The van der Waals surface area contributed by atoms with Crippen molar-refractivity contribution in [2.45, 2.75) is 0 Å². The quantitative estimate of drug-likeness (QED) is 0.545. The first-order valence-electron chi connectivity index (χ1n) is 3.93. The molecule has 78 valence electrons. The summed E-state index contributed by atoms with van der Waals surface area (Å²) in [6, 6.07) is 0. The molecule has 0 fully saturated rings. The number of nitrogens with one attached hydrogen (secondary N) is 1. The molecule has 1 rings (SSSR count). The summed E-state index contributed by atoms with van der Waals surface area (Å²) in [4.78, 5) is 7.60. The second-order valence-electron chi connectivity index (χ2n) is 2.45. The molecule has 0 radical (unpaired) electrons. The fourth-order valence-electron chi connectivity index (χ4n) is 0.851. The molecule has 5 N–H and O–H groups in total. The van der Waals surface area contributed by atoms with Crippen molar-refractivity contribution in [3.63, 3.8) is 0 Å². The van der Waals surface area contributed by atoms with Crippen LogP contribution in [0.2, 0.25) is 0 Å². The van der Waals surface area contributed by atoms with Crippen molar-refractivity contribution < 1.29 is 9.47 Å². The number of nitrogens with two attached hydrogens (primary N) is 2. The number of aromatic nitrogens is 2. The third-order valence-electron chi connectivity index (χ3n) is 1.44. The van der Waals surface area contributed by atoms with Gasteiger partial charge in [0.05, 0.1) is 7.11 Å². The van der Waals surface area contributed by atoms with Gasteiger partial charge in [0.25, 0.3) is 0 Å². The summed E-state index contributed by atoms with van der Waals surface area (Å²) < 4.78 is 10.1. The highest BCUT2D eigenvalue weighted by Gasteiger charge is 2.11. The Bertz CT molecular complexity index is 317. The predicted molar refractivity (Wildman–Crippen MR) is 52.0 cm³/mol. The van der Waals surface area contributed by atoms with Crippen LogP contribution in [0.5, 0.6) is 11.8 Å². The Morgan fingerprint density at radius 2 is 1.93 bits per heavy atom. The average Bonchev–Trinajstić information content (AvgIpc) is 2.18. The minimum Gasteiger partial charge on any atom is -0.479 e. The van der Waals surface area contributed by atoms with E-state index in [1.165, 1.54) is 7.11 Å². The highest BCUT2D eigenvalue weighted by molar-refractivity contribution is 5.58. The number of hydrogen-bond donors (Lipinski definition) is 3. The van der Waals surface area contributed by atoms with Crippen molar-refractivity contribution in [1.29, 1.82) is 0 Å². The smallest absolute Gasteiger partial charge is 0.247 e. The summed E-state index contributed by atoms with van der Waals surface area (Å²) in [5, 5.41) is 2.78. The number of ether oxygens (including phenoxy) is 2. The van der Waals surface area contributed by atoms with Gasteiger partial charge in [-0.1, -0.05) is 0 Å². The van der Waals surface area contributed by atoms with Crippen molar-refractivity contribution in [3.05, 3.63) is 0 Å². The Balaban J connectivity index is 2.96. The second-order valence-corrected chi connectivity index (χ2v) is 2.45. The maximum Gasteiger partial charge on any atom is 0.247 e. The SMILES string of the molecule is CNCOc1nc(N)nc(OC)c1N. The van der Waals surface area contributed by atoms with E-state index in [-0.39, 0.29) is 30.1 Å². The zero-order chi connectivity index (χ0) is 10.6. The third kappa shape index (κ3) is 2.13. The number of anilines is 2. The number of rotatable bonds is 4. The van der Waals surface area contributed by atoms with Crippen molar-refractivity contribution in [3.8, 4) is 11.8 Å². The van der Waals surface area contributed by atoms with E-state index in [2.05, 4.69) is 15.3 Å². The van der Waals surface area contributed by atoms with E-state index >= 15 is 0 Å². The molecule has 14 heavy (non-hydrogen) atoms. The van der Waals surface area contributed by atoms with Gasteiger partial charge in [-0.15, -0.1) is 0 Å². The standard InChI is InChI=1S/C7H13N5O2/c1-10-3-14-6-4(8)5(13-2)11-7(9)12-6/h10H,3,8H2,1-2H3,(H2,9,11,12). The maximum atomic E-state index is 5.65. The van der Waals surface area contributed by atoms with Gasteiger partial charge < -0.3 is 20.9 Å². The van der Waals surface area contributed by atoms with Gasteiger partial charge in [0.15, 0.2) is 5.69 Å². The molecule has 0 atom stereocenters. The molecule has 1 heterocycles. The number of nitrogens with zero attached hydrogens (tertiary/aromatic N) is 2. The van der Waals surface area contributed by atoms with Crippen molar-refractivity contribution in [1.82, 2.24) is 15.3 Å². The Kier molecular flexibility index (Phi) is 3.29. The van der Waals surface area contributed by atoms with Gasteiger partial charge in [-0.25, -0.2) is 0 Å². The second kappa shape index (κ2) is 4.47. The van der Waals surface area contributed by atoms with E-state index in [1.54, 1.807) is 7.05 Å². The minimum absolute atomic E-state index is 0.0575. The van der Waals surface area contributed by atoms with Gasteiger partial charge >= 0.3 is 0 Å². The summed E-state index contributed by atoms with van der Waals surface area (Å²) in [6.07, 6.45) is 0. The summed E-state index contributed by atoms with van der Waals surface area (Å²) in [6.45, 7) is 0.282. The molecule has 0 bridgehead atoms. The highest BCUT2D eigenvalue weighted by atomic mass is 16.5. The topological polar surface area (TPSA) is 108 Å². The normalized spacial score (nSPS) is 9.86. The molecule has 0 amide bonds. The molecule has 0 aliphatic heterocycles. The molecular formula is C7H13N5O2. The monoisotopic (exact) mass is 199 g/mol. The molecular weight excluding hydrogens is 186 g/mol. The summed E-state index contributed by atoms with van der Waals surface area (Å²) in [5.41, 5.74) is 11.3. The Labute approximate surface area is 81.4 Å². The largest absolute Gasteiger partial charge is 0.479 e. The number of hydrogen-bond acceptors (Lipinski definition) is 7. The van der Waals surface area contributed by atoms with Crippen LogP contribution in [0.1, 0.15) is 0 Å². The zero-order valence-corrected chi connectivity index (χ0v) is 8.07. The summed E-state index contributed by atoms with van der Waals surface area (Å²) in [5.74, 6) is 0.481. The lowest BCUT2D eigenvalue weighted by molar-refractivity contribution is 0.284. The van der Waals surface area contributed by atoms with Crippen molar-refractivity contribution >= 4 is 11.6 Å². The molecule has 0 spiro atoms. The van der Waals surface area contributed by atoms with E-state index in [1.807, 2.05) is 0 Å². The Morgan fingerprint density at radius 3 is 2.50 bits per heavy atom. The van der Waals surface area contributed by atoms with E-state index in [4.69, 9.17) is 20.9 Å². The van der Waals surface area contributed by atoms with Crippen LogP contribution < -0.4 is 26.3 Å². The van der Waals surface area contributed by atoms with Gasteiger partial charge in [0, 0.05) is 0 Å². The van der Waals surface area contributed by atoms with Gasteiger partial charge in [0.2, 0.25) is 17.7 Å². The lowest BCUT2D eigenvalue weighted by Gasteiger charge is -2.09. The van der Waals surface area contributed by atoms with Crippen LogP contribution in [-0.4, -0.2) is 30.9 Å². The first-order chi connectivity index (χ1) is 6.69. The fraction of sp³-hybridized carbons (Fsp3) is 0.429. The van der Waals surface area contributed by atoms with Gasteiger partial charge in [-0.05, 0) is 7.05 Å². The van der Waals surface area contributed by atoms with E-state index in [0.29, 0.717) is 0 Å². The van der Waals surface area contributed by atoms with Gasteiger partial charge in [-0.3, -0.25) is 5.32 Å². The number of methoxy groups -OCH3 is 1. The molecule has 0 saturated heterocycles. The van der Waals surface area contributed by atoms with Crippen LogP contribution in [0.15, 0.2) is 0 Å². The van der Waals surface area contributed by atoms with Crippen molar-refractivity contribution in [2.24, 2.45) is 0 Å². The van der Waals surface area contributed by atoms with Crippen LogP contribution in [0, 0.1) is 0 Å². The van der Waals surface area contributed by atoms with E-state index in [0.717, 1.165) is 0 Å². The van der Waals surface area contributed by atoms with Crippen LogP contribution in [0.4, 0.5) is 11.6 Å². The van der Waals surface area contributed by atoms with E-state index < -0.39 is 0 Å². The van der Waals surface area contributed by atoms with Gasteiger partial charge in [-0.2, -0.15) is 9.97 Å². The summed E-state index contributed by atoms with van der Waals surface area (Å²) >= 11 is 0. The molecule has 0 saturated carbocycles. The summed E-state index contributed by atoms with van der Waals surface area (Å²) in [7, 11) is 3.18. The van der Waals surface area contributed by atoms with E-state index in [9.17, 15) is 0 Å².